The first-order valence-corrected chi connectivity index (χ1v) is 5.93. The maximum absolute atomic E-state index is 11.2. The van der Waals surface area contributed by atoms with Crippen LogP contribution in [0.25, 0.3) is 10.9 Å². The van der Waals surface area contributed by atoms with Gasteiger partial charge in [-0.15, -0.1) is 0 Å². The summed E-state index contributed by atoms with van der Waals surface area (Å²) in [6, 6.07) is 4.12. The van der Waals surface area contributed by atoms with E-state index in [9.17, 15) is 9.90 Å². The molecule has 0 aliphatic heterocycles. The van der Waals surface area contributed by atoms with Gasteiger partial charge < -0.3 is 10.1 Å². The lowest BCUT2D eigenvalue weighted by atomic mass is 9.98. The Labute approximate surface area is 99.5 Å². The molecule has 1 unspecified atom stereocenters. The lowest BCUT2D eigenvalue weighted by Gasteiger charge is -2.06. The number of carboxylic acid groups (broad SMARTS) is 1. The summed E-state index contributed by atoms with van der Waals surface area (Å²) in [5, 5.41) is 10.3. The third kappa shape index (κ3) is 1.32. The van der Waals surface area contributed by atoms with E-state index < -0.39 is 5.97 Å². The number of fused-ring (bicyclic) bond motifs is 3. The van der Waals surface area contributed by atoms with E-state index in [1.54, 1.807) is 0 Å². The summed E-state index contributed by atoms with van der Waals surface area (Å²) in [6.07, 6.45) is 1.57. The molecule has 3 heteroatoms. The van der Waals surface area contributed by atoms with Gasteiger partial charge in [-0.25, -0.2) is 0 Å². The predicted octanol–water partition coefficient (Wildman–Crippen LogP) is 2.90. The molecule has 3 nitrogen and oxygen atoms in total. The third-order valence-electron chi connectivity index (χ3n) is 3.96. The van der Waals surface area contributed by atoms with E-state index in [0.29, 0.717) is 0 Å². The van der Waals surface area contributed by atoms with E-state index in [2.05, 4.69) is 24.9 Å². The predicted molar refractivity (Wildman–Crippen MR) is 66.5 cm³/mol. The standard InChI is InChI=1S/C14H15NO2/c1-7-3-4-9-12-10(14(16)17)5-6-11(12)15-13(9)8(7)2/h3-4,10,15H,5-6H2,1-2H3,(H,16,17). The molecular weight excluding hydrogens is 214 g/mol. The SMILES string of the molecule is Cc1ccc2c3c([nH]c2c1C)CCC3C(=O)O. The molecule has 17 heavy (non-hydrogen) atoms. The highest BCUT2D eigenvalue weighted by atomic mass is 16.4. The monoisotopic (exact) mass is 229 g/mol. The minimum Gasteiger partial charge on any atom is -0.481 e. The fraction of sp³-hybridized carbons (Fsp3) is 0.357. The van der Waals surface area contributed by atoms with Crippen molar-refractivity contribution in [3.63, 3.8) is 0 Å². The third-order valence-corrected chi connectivity index (χ3v) is 3.96. The largest absolute Gasteiger partial charge is 0.481 e. The Morgan fingerprint density at radius 2 is 2.18 bits per heavy atom. The molecule has 1 heterocycles. The van der Waals surface area contributed by atoms with Crippen LogP contribution in [0.1, 0.15) is 34.7 Å². The zero-order valence-electron chi connectivity index (χ0n) is 10.0. The van der Waals surface area contributed by atoms with E-state index in [0.717, 1.165) is 35.0 Å². The Bertz CT molecular complexity index is 625. The molecule has 1 aliphatic rings. The number of aryl methyl sites for hydroxylation is 3. The molecule has 2 aromatic rings. The molecule has 1 aliphatic carbocycles. The van der Waals surface area contributed by atoms with Crippen LogP contribution in [0.4, 0.5) is 0 Å². The second kappa shape index (κ2) is 3.36. The van der Waals surface area contributed by atoms with Gasteiger partial charge in [0, 0.05) is 16.6 Å². The van der Waals surface area contributed by atoms with Crippen LogP contribution in [0, 0.1) is 13.8 Å². The highest BCUT2D eigenvalue weighted by molar-refractivity contribution is 5.93. The molecular formula is C14H15NO2. The molecule has 1 aromatic carbocycles. The number of H-pyrrole nitrogens is 1. The molecule has 3 rings (SSSR count). The number of hydrogen-bond acceptors (Lipinski definition) is 1. The fourth-order valence-electron chi connectivity index (χ4n) is 2.86. The number of benzene rings is 1. The molecule has 0 radical (unpaired) electrons. The van der Waals surface area contributed by atoms with Gasteiger partial charge in [0.1, 0.15) is 0 Å². The summed E-state index contributed by atoms with van der Waals surface area (Å²) in [5.41, 5.74) is 5.70. The molecule has 0 bridgehead atoms. The van der Waals surface area contributed by atoms with Gasteiger partial charge in [-0.1, -0.05) is 12.1 Å². The molecule has 0 amide bonds. The Morgan fingerprint density at radius 3 is 2.88 bits per heavy atom. The van der Waals surface area contributed by atoms with Crippen LogP contribution in [-0.4, -0.2) is 16.1 Å². The zero-order chi connectivity index (χ0) is 12.2. The molecule has 0 saturated carbocycles. The smallest absolute Gasteiger partial charge is 0.311 e. The number of rotatable bonds is 1. The molecule has 0 saturated heterocycles. The first kappa shape index (κ1) is 10.4. The lowest BCUT2D eigenvalue weighted by molar-refractivity contribution is -0.138. The van der Waals surface area contributed by atoms with Gasteiger partial charge in [0.25, 0.3) is 0 Å². The van der Waals surface area contributed by atoms with Crippen molar-refractivity contribution in [3.05, 3.63) is 34.5 Å². The summed E-state index contributed by atoms with van der Waals surface area (Å²) in [4.78, 5) is 14.7. The summed E-state index contributed by atoms with van der Waals surface area (Å²) in [5.74, 6) is -1.04. The number of aromatic nitrogens is 1. The van der Waals surface area contributed by atoms with Crippen LogP contribution < -0.4 is 0 Å². The van der Waals surface area contributed by atoms with Gasteiger partial charge in [-0.3, -0.25) is 4.79 Å². The van der Waals surface area contributed by atoms with E-state index in [4.69, 9.17) is 0 Å². The second-order valence-corrected chi connectivity index (χ2v) is 4.88. The Hall–Kier alpha value is -1.77. The Balaban J connectivity index is 2.32. The maximum atomic E-state index is 11.2. The summed E-state index contributed by atoms with van der Waals surface area (Å²) in [6.45, 7) is 4.16. The van der Waals surface area contributed by atoms with Gasteiger partial charge in [0.15, 0.2) is 0 Å². The Morgan fingerprint density at radius 1 is 1.41 bits per heavy atom. The van der Waals surface area contributed by atoms with Crippen LogP contribution in [-0.2, 0) is 11.2 Å². The van der Waals surface area contributed by atoms with Gasteiger partial charge >= 0.3 is 5.97 Å². The van der Waals surface area contributed by atoms with Crippen LogP contribution in [0.15, 0.2) is 12.1 Å². The molecule has 1 aromatic heterocycles. The average Bonchev–Trinajstić information content (AvgIpc) is 2.81. The van der Waals surface area contributed by atoms with Crippen LogP contribution in [0.3, 0.4) is 0 Å². The van der Waals surface area contributed by atoms with Crippen molar-refractivity contribution in [3.8, 4) is 0 Å². The van der Waals surface area contributed by atoms with Crippen LogP contribution in [0.2, 0.25) is 0 Å². The van der Waals surface area contributed by atoms with Gasteiger partial charge in [0.2, 0.25) is 0 Å². The molecule has 0 fully saturated rings. The van der Waals surface area contributed by atoms with Crippen molar-refractivity contribution in [1.29, 1.82) is 0 Å². The molecule has 88 valence electrons. The number of aromatic amines is 1. The van der Waals surface area contributed by atoms with Gasteiger partial charge in [-0.05, 0) is 43.4 Å². The number of aliphatic carboxylic acids is 1. The number of hydrogen-bond donors (Lipinski definition) is 2. The summed E-state index contributed by atoms with van der Waals surface area (Å²) in [7, 11) is 0. The van der Waals surface area contributed by atoms with Crippen molar-refractivity contribution in [2.24, 2.45) is 0 Å². The highest BCUT2D eigenvalue weighted by Crippen LogP contribution is 2.39. The van der Waals surface area contributed by atoms with Crippen molar-refractivity contribution >= 4 is 16.9 Å². The minimum atomic E-state index is -0.706. The molecule has 1 atom stereocenters. The zero-order valence-corrected chi connectivity index (χ0v) is 10.0. The van der Waals surface area contributed by atoms with Crippen LogP contribution in [0.5, 0.6) is 0 Å². The van der Waals surface area contributed by atoms with Crippen molar-refractivity contribution < 1.29 is 9.90 Å². The highest BCUT2D eigenvalue weighted by Gasteiger charge is 2.32. The van der Waals surface area contributed by atoms with Crippen molar-refractivity contribution in [2.75, 3.05) is 0 Å². The van der Waals surface area contributed by atoms with E-state index >= 15 is 0 Å². The van der Waals surface area contributed by atoms with E-state index in [-0.39, 0.29) is 5.92 Å². The normalized spacial score (nSPS) is 18.6. The fourth-order valence-corrected chi connectivity index (χ4v) is 2.86. The summed E-state index contributed by atoms with van der Waals surface area (Å²) >= 11 is 0. The van der Waals surface area contributed by atoms with Crippen molar-refractivity contribution in [1.82, 2.24) is 4.98 Å². The van der Waals surface area contributed by atoms with Gasteiger partial charge in [0.05, 0.1) is 5.92 Å². The van der Waals surface area contributed by atoms with E-state index in [1.807, 2.05) is 6.07 Å². The molecule has 2 N–H and O–H groups in total. The first-order chi connectivity index (χ1) is 8.09. The quantitative estimate of drug-likeness (QED) is 0.790. The lowest BCUT2D eigenvalue weighted by Crippen LogP contribution is -2.07. The number of carboxylic acids is 1. The Kier molecular flexibility index (Phi) is 2.05. The van der Waals surface area contributed by atoms with Gasteiger partial charge in [-0.2, -0.15) is 0 Å². The summed E-state index contributed by atoms with van der Waals surface area (Å²) < 4.78 is 0. The topological polar surface area (TPSA) is 53.1 Å². The van der Waals surface area contributed by atoms with Crippen LogP contribution >= 0.6 is 0 Å². The minimum absolute atomic E-state index is 0.333. The van der Waals surface area contributed by atoms with Crippen molar-refractivity contribution in [2.45, 2.75) is 32.6 Å². The molecule has 0 spiro atoms. The first-order valence-electron chi connectivity index (χ1n) is 5.93. The maximum Gasteiger partial charge on any atom is 0.311 e. The number of nitrogens with one attached hydrogen (secondary N) is 1. The van der Waals surface area contributed by atoms with E-state index in [1.165, 1.54) is 11.1 Å². The second-order valence-electron chi connectivity index (χ2n) is 4.88. The number of carbonyl (C=O) groups is 1. The average molecular weight is 229 g/mol.